The van der Waals surface area contributed by atoms with E-state index in [1.54, 1.807) is 12.1 Å². The Morgan fingerprint density at radius 3 is 2.15 bits per heavy atom. The summed E-state index contributed by atoms with van der Waals surface area (Å²) in [6.07, 6.45) is 1.12. The van der Waals surface area contributed by atoms with Gasteiger partial charge in [0, 0.05) is 17.5 Å². The van der Waals surface area contributed by atoms with Crippen LogP contribution in [-0.2, 0) is 25.6 Å². The maximum Gasteiger partial charge on any atom is 0.262 e. The van der Waals surface area contributed by atoms with Crippen LogP contribution in [0, 0.1) is 5.82 Å². The van der Waals surface area contributed by atoms with Gasteiger partial charge in [-0.2, -0.15) is 0 Å². The van der Waals surface area contributed by atoms with Gasteiger partial charge in [0.1, 0.15) is 11.6 Å². The lowest BCUT2D eigenvalue weighted by molar-refractivity contribution is 0.102. The number of nitrogens with one attached hydrogen (secondary N) is 2. The highest BCUT2D eigenvalue weighted by Crippen LogP contribution is 2.30. The second kappa shape index (κ2) is 9.59. The number of halogens is 1. The monoisotopic (exact) mass is 492 g/mol. The van der Waals surface area contributed by atoms with Crippen molar-refractivity contribution >= 4 is 37.1 Å². The number of ether oxygens (including phenoxy) is 1. The maximum atomic E-state index is 13.1. The Balaban J connectivity index is 1.80. The van der Waals surface area contributed by atoms with Crippen LogP contribution in [0.25, 0.3) is 0 Å². The molecule has 3 aromatic rings. The van der Waals surface area contributed by atoms with E-state index in [4.69, 9.17) is 4.74 Å². The molecule has 1 amide bonds. The first-order chi connectivity index (χ1) is 15.5. The molecule has 11 heteroatoms. The molecule has 0 saturated carbocycles. The Bertz CT molecular complexity index is 1370. The van der Waals surface area contributed by atoms with Gasteiger partial charge in [0.15, 0.2) is 9.84 Å². The lowest BCUT2D eigenvalue weighted by Gasteiger charge is -2.14. The average molecular weight is 493 g/mol. The third-order valence-electron chi connectivity index (χ3n) is 4.47. The minimum absolute atomic E-state index is 0.0723. The Kier molecular flexibility index (Phi) is 7.04. The number of benzene rings is 3. The summed E-state index contributed by atoms with van der Waals surface area (Å²) in [7, 11) is -5.87. The fourth-order valence-corrected chi connectivity index (χ4v) is 4.80. The summed E-state index contributed by atoms with van der Waals surface area (Å²) in [6.45, 7) is 0. The molecule has 3 aromatic carbocycles. The van der Waals surface area contributed by atoms with Gasteiger partial charge in [-0.25, -0.2) is 21.2 Å². The fraction of sp³-hybridized carbons (Fsp3) is 0.136. The van der Waals surface area contributed by atoms with Crippen molar-refractivity contribution in [1.82, 2.24) is 0 Å². The highest BCUT2D eigenvalue weighted by atomic mass is 32.2. The van der Waals surface area contributed by atoms with Crippen LogP contribution in [0.5, 0.6) is 5.75 Å². The SMILES string of the molecule is COc1ccc(NC(=O)c2ccc(CS(C)(=O)=O)cc2)cc1NS(=O)(=O)c1ccc(F)cc1. The number of hydrogen-bond acceptors (Lipinski definition) is 6. The van der Waals surface area contributed by atoms with Gasteiger partial charge in [0.05, 0.1) is 23.4 Å². The molecule has 0 aliphatic rings. The molecular weight excluding hydrogens is 471 g/mol. The molecule has 3 rings (SSSR count). The topological polar surface area (TPSA) is 119 Å². The second-order valence-electron chi connectivity index (χ2n) is 7.20. The molecule has 0 bridgehead atoms. The van der Waals surface area contributed by atoms with Crippen molar-refractivity contribution in [2.75, 3.05) is 23.4 Å². The van der Waals surface area contributed by atoms with Crippen LogP contribution < -0.4 is 14.8 Å². The maximum absolute atomic E-state index is 13.1. The van der Waals surface area contributed by atoms with Crippen LogP contribution in [0.3, 0.4) is 0 Å². The highest BCUT2D eigenvalue weighted by Gasteiger charge is 2.18. The van der Waals surface area contributed by atoms with Gasteiger partial charge >= 0.3 is 0 Å². The smallest absolute Gasteiger partial charge is 0.262 e. The van der Waals surface area contributed by atoms with Crippen molar-refractivity contribution in [3.63, 3.8) is 0 Å². The Hall–Kier alpha value is -3.44. The van der Waals surface area contributed by atoms with E-state index < -0.39 is 31.6 Å². The molecule has 0 saturated heterocycles. The van der Waals surface area contributed by atoms with E-state index in [9.17, 15) is 26.0 Å². The zero-order chi connectivity index (χ0) is 24.2. The van der Waals surface area contributed by atoms with Crippen LogP contribution in [0.1, 0.15) is 15.9 Å². The van der Waals surface area contributed by atoms with Gasteiger partial charge in [0.2, 0.25) is 0 Å². The number of amides is 1. The standard InChI is InChI=1S/C22H21FN2O6S2/c1-31-21-12-9-18(13-20(21)25-33(29,30)19-10-7-17(23)8-11-19)24-22(26)16-5-3-15(4-6-16)14-32(2,27)28/h3-13,25H,14H2,1-2H3,(H,24,26). The van der Waals surface area contributed by atoms with E-state index in [1.807, 2.05) is 0 Å². The molecule has 174 valence electrons. The molecule has 0 atom stereocenters. The van der Waals surface area contributed by atoms with Gasteiger partial charge in [-0.1, -0.05) is 12.1 Å². The number of sulfonamides is 1. The lowest BCUT2D eigenvalue weighted by Crippen LogP contribution is -2.15. The predicted octanol–water partition coefficient (Wildman–Crippen LogP) is 3.43. The second-order valence-corrected chi connectivity index (χ2v) is 11.0. The van der Waals surface area contributed by atoms with Crippen molar-refractivity contribution in [2.45, 2.75) is 10.6 Å². The van der Waals surface area contributed by atoms with Gasteiger partial charge in [-0.15, -0.1) is 0 Å². The number of hydrogen-bond donors (Lipinski definition) is 2. The Morgan fingerprint density at radius 1 is 0.939 bits per heavy atom. The van der Waals surface area contributed by atoms with Gasteiger partial charge < -0.3 is 10.1 Å². The molecule has 0 aliphatic carbocycles. The van der Waals surface area contributed by atoms with E-state index >= 15 is 0 Å². The van der Waals surface area contributed by atoms with Gasteiger partial charge in [-0.05, 0) is 60.2 Å². The molecule has 0 unspecified atom stereocenters. The van der Waals surface area contributed by atoms with Crippen LogP contribution in [0.2, 0.25) is 0 Å². The number of sulfone groups is 1. The molecular formula is C22H21FN2O6S2. The molecule has 0 radical (unpaired) electrons. The summed E-state index contributed by atoms with van der Waals surface area (Å²) >= 11 is 0. The summed E-state index contributed by atoms with van der Waals surface area (Å²) in [4.78, 5) is 12.4. The molecule has 2 N–H and O–H groups in total. The number of carbonyl (C=O) groups is 1. The van der Waals surface area contributed by atoms with Crippen LogP contribution in [-0.4, -0.2) is 36.1 Å². The molecule has 0 aromatic heterocycles. The van der Waals surface area contributed by atoms with E-state index in [0.717, 1.165) is 30.5 Å². The van der Waals surface area contributed by atoms with Crippen molar-refractivity contribution in [3.8, 4) is 5.75 Å². The third-order valence-corrected chi connectivity index (χ3v) is 6.71. The Morgan fingerprint density at radius 2 is 1.58 bits per heavy atom. The zero-order valence-corrected chi connectivity index (χ0v) is 19.3. The first-order valence-electron chi connectivity index (χ1n) is 9.51. The number of anilines is 2. The quantitative estimate of drug-likeness (QED) is 0.497. The van der Waals surface area contributed by atoms with E-state index in [0.29, 0.717) is 5.56 Å². The normalized spacial score (nSPS) is 11.6. The minimum atomic E-state index is -4.04. The van der Waals surface area contributed by atoms with E-state index in [2.05, 4.69) is 10.0 Å². The predicted molar refractivity (Wildman–Crippen MR) is 123 cm³/mol. The number of rotatable bonds is 8. The molecule has 0 spiro atoms. The largest absolute Gasteiger partial charge is 0.495 e. The van der Waals surface area contributed by atoms with Crippen LogP contribution >= 0.6 is 0 Å². The third kappa shape index (κ3) is 6.53. The zero-order valence-electron chi connectivity index (χ0n) is 17.7. The molecule has 8 nitrogen and oxygen atoms in total. The van der Waals surface area contributed by atoms with Crippen molar-refractivity contribution in [1.29, 1.82) is 0 Å². The first-order valence-corrected chi connectivity index (χ1v) is 13.1. The summed E-state index contributed by atoms with van der Waals surface area (Å²) in [6, 6.07) is 14.8. The minimum Gasteiger partial charge on any atom is -0.495 e. The van der Waals surface area contributed by atoms with E-state index in [1.165, 1.54) is 37.4 Å². The molecule has 0 aliphatic heterocycles. The van der Waals surface area contributed by atoms with Gasteiger partial charge in [0.25, 0.3) is 15.9 Å². The van der Waals surface area contributed by atoms with E-state index in [-0.39, 0.29) is 33.3 Å². The van der Waals surface area contributed by atoms with Gasteiger partial charge in [-0.3, -0.25) is 9.52 Å². The van der Waals surface area contributed by atoms with Crippen molar-refractivity contribution < 1.29 is 30.8 Å². The van der Waals surface area contributed by atoms with Crippen LogP contribution in [0.4, 0.5) is 15.8 Å². The number of carbonyl (C=O) groups excluding carboxylic acids is 1. The molecule has 33 heavy (non-hydrogen) atoms. The molecule has 0 fully saturated rings. The number of methoxy groups -OCH3 is 1. The molecule has 0 heterocycles. The van der Waals surface area contributed by atoms with Crippen molar-refractivity contribution in [2.24, 2.45) is 0 Å². The summed E-state index contributed by atoms with van der Waals surface area (Å²) < 4.78 is 68.8. The highest BCUT2D eigenvalue weighted by molar-refractivity contribution is 7.92. The average Bonchev–Trinajstić information content (AvgIpc) is 2.73. The summed E-state index contributed by atoms with van der Waals surface area (Å²) in [5, 5.41) is 2.65. The summed E-state index contributed by atoms with van der Waals surface area (Å²) in [5.41, 5.74) is 1.20. The van der Waals surface area contributed by atoms with Crippen molar-refractivity contribution in [3.05, 3.63) is 83.7 Å². The summed E-state index contributed by atoms with van der Waals surface area (Å²) in [5.74, 6) is -0.965. The first kappa shape index (κ1) is 24.2. The fourth-order valence-electron chi connectivity index (χ4n) is 2.94. The lowest BCUT2D eigenvalue weighted by atomic mass is 10.1. The van der Waals surface area contributed by atoms with Crippen LogP contribution in [0.15, 0.2) is 71.6 Å². The Labute approximate surface area is 191 Å².